The van der Waals surface area contributed by atoms with Crippen molar-refractivity contribution in [2.75, 3.05) is 31.2 Å². The van der Waals surface area contributed by atoms with Gasteiger partial charge in [-0.25, -0.2) is 0 Å². The molecule has 1 atom stereocenters. The summed E-state index contributed by atoms with van der Waals surface area (Å²) in [5, 5.41) is 3.07. The molecule has 1 fully saturated rings. The fourth-order valence-electron chi connectivity index (χ4n) is 2.34. The number of rotatable bonds is 4. The number of hydrogen-bond donors (Lipinski definition) is 2. The molecule has 1 aromatic rings. The third kappa shape index (κ3) is 3.31. The van der Waals surface area contributed by atoms with Crippen LogP contribution in [0, 0.1) is 0 Å². The zero-order valence-electron chi connectivity index (χ0n) is 12.1. The summed E-state index contributed by atoms with van der Waals surface area (Å²) in [7, 11) is 1.55. The Morgan fingerprint density at radius 2 is 2.10 bits per heavy atom. The topological polar surface area (TPSA) is 80.5 Å². The molecule has 0 radical (unpaired) electrons. The zero-order valence-corrected chi connectivity index (χ0v) is 12.1. The smallest absolute Gasteiger partial charge is 0.244 e. The number of anilines is 2. The molecule has 0 spiro atoms. The molecular weight excluding hydrogens is 256 g/mol. The molecule has 0 aromatic carbocycles. The quantitative estimate of drug-likeness (QED) is 0.872. The summed E-state index contributed by atoms with van der Waals surface area (Å²) in [6.07, 6.45) is 3.37. The zero-order chi connectivity index (χ0) is 14.5. The van der Waals surface area contributed by atoms with Crippen LogP contribution < -0.4 is 15.8 Å². The highest BCUT2D eigenvalue weighted by molar-refractivity contribution is 5.85. The lowest BCUT2D eigenvalue weighted by molar-refractivity contribution is -0.132. The van der Waals surface area contributed by atoms with E-state index in [0.717, 1.165) is 25.9 Å². The minimum Gasteiger partial charge on any atom is -0.481 e. The van der Waals surface area contributed by atoms with E-state index in [2.05, 4.69) is 10.3 Å². The Hall–Kier alpha value is -1.98. The highest BCUT2D eigenvalue weighted by atomic mass is 16.5. The van der Waals surface area contributed by atoms with E-state index in [-0.39, 0.29) is 11.9 Å². The summed E-state index contributed by atoms with van der Waals surface area (Å²) < 4.78 is 5.07. The van der Waals surface area contributed by atoms with Crippen LogP contribution in [-0.2, 0) is 4.79 Å². The molecule has 2 heterocycles. The number of ether oxygens (including phenoxy) is 1. The molecule has 0 aliphatic carbocycles. The van der Waals surface area contributed by atoms with E-state index in [4.69, 9.17) is 10.5 Å². The van der Waals surface area contributed by atoms with Gasteiger partial charge in [0.2, 0.25) is 11.8 Å². The number of nitrogen functional groups attached to an aromatic ring is 1. The Labute approximate surface area is 119 Å². The first kappa shape index (κ1) is 14.4. The summed E-state index contributed by atoms with van der Waals surface area (Å²) in [5.74, 6) is 1.05. The number of pyridine rings is 1. The number of aromatic nitrogens is 1. The van der Waals surface area contributed by atoms with Crippen LogP contribution in [0.15, 0.2) is 12.1 Å². The molecule has 6 nitrogen and oxygen atoms in total. The molecule has 3 N–H and O–H groups in total. The van der Waals surface area contributed by atoms with E-state index in [1.54, 1.807) is 19.2 Å². The van der Waals surface area contributed by atoms with Gasteiger partial charge in [-0.15, -0.1) is 0 Å². The molecule has 1 saturated heterocycles. The van der Waals surface area contributed by atoms with Crippen LogP contribution in [0.1, 0.15) is 26.2 Å². The molecule has 6 heteroatoms. The lowest BCUT2D eigenvalue weighted by atomic mass is 10.1. The Morgan fingerprint density at radius 1 is 1.40 bits per heavy atom. The summed E-state index contributed by atoms with van der Waals surface area (Å²) in [6.45, 7) is 3.51. The Morgan fingerprint density at radius 3 is 2.75 bits per heavy atom. The third-order valence-corrected chi connectivity index (χ3v) is 3.50. The van der Waals surface area contributed by atoms with Crippen LogP contribution in [0.2, 0.25) is 0 Å². The number of nitrogens with one attached hydrogen (secondary N) is 1. The molecule has 20 heavy (non-hydrogen) atoms. The molecule has 1 aromatic heterocycles. The van der Waals surface area contributed by atoms with Gasteiger partial charge in [-0.05, 0) is 32.3 Å². The van der Waals surface area contributed by atoms with Crippen molar-refractivity contribution < 1.29 is 9.53 Å². The van der Waals surface area contributed by atoms with Crippen molar-refractivity contribution in [1.29, 1.82) is 0 Å². The average Bonchev–Trinajstić information content (AvgIpc) is 2.49. The number of amides is 1. The van der Waals surface area contributed by atoms with Gasteiger partial charge in [-0.1, -0.05) is 0 Å². The SMILES string of the molecule is COc1ccc(N)c(NC(C)C(=O)N2CCCCC2)n1. The highest BCUT2D eigenvalue weighted by Crippen LogP contribution is 2.21. The number of likely N-dealkylation sites (tertiary alicyclic amines) is 1. The lowest BCUT2D eigenvalue weighted by Gasteiger charge is -2.29. The summed E-state index contributed by atoms with van der Waals surface area (Å²) in [6, 6.07) is 3.05. The maximum Gasteiger partial charge on any atom is 0.244 e. The van der Waals surface area contributed by atoms with Crippen molar-refractivity contribution in [2.24, 2.45) is 0 Å². The highest BCUT2D eigenvalue weighted by Gasteiger charge is 2.22. The van der Waals surface area contributed by atoms with Crippen LogP contribution in [0.5, 0.6) is 5.88 Å². The largest absolute Gasteiger partial charge is 0.481 e. The van der Waals surface area contributed by atoms with Crippen molar-refractivity contribution >= 4 is 17.4 Å². The van der Waals surface area contributed by atoms with Gasteiger partial charge in [0.05, 0.1) is 12.8 Å². The summed E-state index contributed by atoms with van der Waals surface area (Å²) in [4.78, 5) is 18.5. The number of carbonyl (C=O) groups is 1. The normalized spacial score (nSPS) is 16.6. The number of hydrogen-bond acceptors (Lipinski definition) is 5. The Bertz CT molecular complexity index is 472. The van der Waals surface area contributed by atoms with Crippen LogP contribution in [0.25, 0.3) is 0 Å². The van der Waals surface area contributed by atoms with Crippen molar-refractivity contribution in [3.05, 3.63) is 12.1 Å². The number of carbonyl (C=O) groups excluding carboxylic acids is 1. The van der Waals surface area contributed by atoms with E-state index in [1.165, 1.54) is 6.42 Å². The van der Waals surface area contributed by atoms with Gasteiger partial charge in [0.1, 0.15) is 6.04 Å². The van der Waals surface area contributed by atoms with E-state index in [1.807, 2.05) is 11.8 Å². The number of nitrogens with zero attached hydrogens (tertiary/aromatic N) is 2. The molecule has 110 valence electrons. The molecule has 1 aliphatic rings. The van der Waals surface area contributed by atoms with Gasteiger partial charge < -0.3 is 20.7 Å². The van der Waals surface area contributed by atoms with Crippen LogP contribution in [0.4, 0.5) is 11.5 Å². The van der Waals surface area contributed by atoms with Crippen molar-refractivity contribution in [3.8, 4) is 5.88 Å². The van der Waals surface area contributed by atoms with E-state index in [0.29, 0.717) is 17.4 Å². The first-order chi connectivity index (χ1) is 9.61. The molecule has 0 saturated carbocycles. The predicted octanol–water partition coefficient (Wildman–Crippen LogP) is 1.49. The van der Waals surface area contributed by atoms with Crippen LogP contribution >= 0.6 is 0 Å². The van der Waals surface area contributed by atoms with Crippen LogP contribution in [-0.4, -0.2) is 42.0 Å². The second-order valence-electron chi connectivity index (χ2n) is 5.04. The van der Waals surface area contributed by atoms with Gasteiger partial charge in [0.25, 0.3) is 0 Å². The van der Waals surface area contributed by atoms with E-state index in [9.17, 15) is 4.79 Å². The van der Waals surface area contributed by atoms with Gasteiger partial charge in [-0.2, -0.15) is 4.98 Å². The van der Waals surface area contributed by atoms with Gasteiger partial charge in [-0.3, -0.25) is 4.79 Å². The maximum absolute atomic E-state index is 12.3. The standard InChI is InChI=1S/C14H22N4O2/c1-10(14(19)18-8-4-3-5-9-18)16-13-11(15)6-7-12(17-13)20-2/h6-7,10H,3-5,8-9,15H2,1-2H3,(H,16,17). The minimum absolute atomic E-state index is 0.0914. The fraction of sp³-hybridized carbons (Fsp3) is 0.571. The average molecular weight is 278 g/mol. The first-order valence-electron chi connectivity index (χ1n) is 6.97. The lowest BCUT2D eigenvalue weighted by Crippen LogP contribution is -2.44. The second kappa shape index (κ2) is 6.45. The minimum atomic E-state index is -0.352. The summed E-state index contributed by atoms with van der Waals surface area (Å²) in [5.41, 5.74) is 6.37. The molecule has 1 unspecified atom stereocenters. The molecule has 1 aliphatic heterocycles. The number of piperidine rings is 1. The van der Waals surface area contributed by atoms with Crippen molar-refractivity contribution in [1.82, 2.24) is 9.88 Å². The molecular formula is C14H22N4O2. The maximum atomic E-state index is 12.3. The molecule has 2 rings (SSSR count). The van der Waals surface area contributed by atoms with Crippen molar-refractivity contribution in [3.63, 3.8) is 0 Å². The first-order valence-corrected chi connectivity index (χ1v) is 6.97. The van der Waals surface area contributed by atoms with Gasteiger partial charge in [0.15, 0.2) is 5.82 Å². The van der Waals surface area contributed by atoms with Gasteiger partial charge >= 0.3 is 0 Å². The molecule has 0 bridgehead atoms. The predicted molar refractivity (Wildman–Crippen MR) is 78.7 cm³/mol. The van der Waals surface area contributed by atoms with Crippen LogP contribution in [0.3, 0.4) is 0 Å². The number of methoxy groups -OCH3 is 1. The Balaban J connectivity index is 2.03. The van der Waals surface area contributed by atoms with E-state index >= 15 is 0 Å². The number of nitrogens with two attached hydrogens (primary N) is 1. The van der Waals surface area contributed by atoms with E-state index < -0.39 is 0 Å². The molecule has 1 amide bonds. The fourth-order valence-corrected chi connectivity index (χ4v) is 2.34. The van der Waals surface area contributed by atoms with Gasteiger partial charge in [0, 0.05) is 19.2 Å². The summed E-state index contributed by atoms with van der Waals surface area (Å²) >= 11 is 0. The Kier molecular flexibility index (Phi) is 4.65. The third-order valence-electron chi connectivity index (χ3n) is 3.50. The van der Waals surface area contributed by atoms with Crippen molar-refractivity contribution in [2.45, 2.75) is 32.2 Å². The monoisotopic (exact) mass is 278 g/mol. The second-order valence-corrected chi connectivity index (χ2v) is 5.04.